The van der Waals surface area contributed by atoms with Crippen molar-refractivity contribution < 1.29 is 26.4 Å². The van der Waals surface area contributed by atoms with Crippen LogP contribution in [0.3, 0.4) is 0 Å². The Kier molecular flexibility index (Phi) is 8.42. The summed E-state index contributed by atoms with van der Waals surface area (Å²) in [4.78, 5) is 13.0. The molecule has 0 bridgehead atoms. The standard InChI is InChI=1S/C24H23Cl2N3O6S2/c25-18-6-11-22(26)23(16-18)29(37(33,34)20-4-2-1-3-5-20)17-24(30)27-19-7-9-21(10-8-19)36(31,32)28-12-14-35-15-13-28/h1-11,16H,12-15,17H2,(H,27,30). The molecule has 1 fully saturated rings. The Labute approximate surface area is 225 Å². The number of hydrogen-bond acceptors (Lipinski definition) is 6. The lowest BCUT2D eigenvalue weighted by molar-refractivity contribution is -0.114. The van der Waals surface area contributed by atoms with Gasteiger partial charge in [0.1, 0.15) is 6.54 Å². The Morgan fingerprint density at radius 2 is 1.54 bits per heavy atom. The Hall–Kier alpha value is -2.67. The normalized spacial score (nSPS) is 14.8. The predicted octanol–water partition coefficient (Wildman–Crippen LogP) is 3.85. The van der Waals surface area contributed by atoms with Crippen molar-refractivity contribution in [3.63, 3.8) is 0 Å². The van der Waals surface area contributed by atoms with Crippen LogP contribution >= 0.6 is 23.2 Å². The summed E-state index contributed by atoms with van der Waals surface area (Å²) in [7, 11) is -7.88. The summed E-state index contributed by atoms with van der Waals surface area (Å²) in [5, 5.41) is 2.94. The number of hydrogen-bond donors (Lipinski definition) is 1. The maximum Gasteiger partial charge on any atom is 0.264 e. The van der Waals surface area contributed by atoms with Gasteiger partial charge in [-0.2, -0.15) is 4.31 Å². The van der Waals surface area contributed by atoms with Gasteiger partial charge in [-0.1, -0.05) is 41.4 Å². The first-order valence-electron chi connectivity index (χ1n) is 11.1. The second kappa shape index (κ2) is 11.4. The van der Waals surface area contributed by atoms with Crippen molar-refractivity contribution in [1.29, 1.82) is 0 Å². The van der Waals surface area contributed by atoms with Crippen LogP contribution in [0.4, 0.5) is 11.4 Å². The summed E-state index contributed by atoms with van der Waals surface area (Å²) >= 11 is 12.4. The van der Waals surface area contributed by atoms with Crippen LogP contribution in [0.15, 0.2) is 82.6 Å². The van der Waals surface area contributed by atoms with E-state index >= 15 is 0 Å². The Morgan fingerprint density at radius 3 is 2.19 bits per heavy atom. The minimum absolute atomic E-state index is 0.0310. The summed E-state index contributed by atoms with van der Waals surface area (Å²) < 4.78 is 60.0. The molecule has 9 nitrogen and oxygen atoms in total. The molecule has 0 saturated carbocycles. The molecule has 0 aromatic heterocycles. The number of amides is 1. The molecule has 1 amide bonds. The van der Waals surface area contributed by atoms with Crippen LogP contribution in [0.1, 0.15) is 0 Å². The number of sulfonamides is 2. The van der Waals surface area contributed by atoms with Gasteiger partial charge in [0, 0.05) is 23.8 Å². The Balaban J connectivity index is 1.56. The summed E-state index contributed by atoms with van der Waals surface area (Å²) in [6.45, 7) is 0.571. The van der Waals surface area contributed by atoms with E-state index in [0.717, 1.165) is 4.31 Å². The maximum absolute atomic E-state index is 13.5. The molecule has 0 aliphatic carbocycles. The number of ether oxygens (including phenoxy) is 1. The molecule has 1 heterocycles. The first-order valence-corrected chi connectivity index (χ1v) is 14.7. The molecular weight excluding hydrogens is 561 g/mol. The van der Waals surface area contributed by atoms with Crippen LogP contribution in [0.2, 0.25) is 10.0 Å². The van der Waals surface area contributed by atoms with Crippen molar-refractivity contribution in [3.05, 3.63) is 82.8 Å². The van der Waals surface area contributed by atoms with Crippen LogP contribution in [0, 0.1) is 0 Å². The van der Waals surface area contributed by atoms with Gasteiger partial charge in [0.2, 0.25) is 15.9 Å². The number of morpholine rings is 1. The molecule has 0 atom stereocenters. The van der Waals surface area contributed by atoms with Crippen molar-refractivity contribution in [1.82, 2.24) is 4.31 Å². The Morgan fingerprint density at radius 1 is 0.892 bits per heavy atom. The average Bonchev–Trinajstić information content (AvgIpc) is 2.90. The lowest BCUT2D eigenvalue weighted by atomic mass is 10.3. The molecule has 1 aliphatic rings. The Bertz CT molecular complexity index is 1480. The fraction of sp³-hybridized carbons (Fsp3) is 0.208. The van der Waals surface area contributed by atoms with E-state index in [1.54, 1.807) is 18.2 Å². The molecule has 0 radical (unpaired) electrons. The van der Waals surface area contributed by atoms with E-state index in [4.69, 9.17) is 27.9 Å². The highest BCUT2D eigenvalue weighted by molar-refractivity contribution is 7.93. The van der Waals surface area contributed by atoms with Gasteiger partial charge >= 0.3 is 0 Å². The minimum atomic E-state index is -4.18. The second-order valence-corrected chi connectivity index (χ2v) is 12.7. The fourth-order valence-electron chi connectivity index (χ4n) is 3.67. The van der Waals surface area contributed by atoms with Crippen molar-refractivity contribution in [3.8, 4) is 0 Å². The van der Waals surface area contributed by atoms with Gasteiger partial charge in [0.05, 0.1) is 33.7 Å². The van der Waals surface area contributed by atoms with Gasteiger partial charge in [-0.3, -0.25) is 9.10 Å². The first kappa shape index (κ1) is 27.4. The van der Waals surface area contributed by atoms with E-state index in [1.807, 2.05) is 0 Å². The van der Waals surface area contributed by atoms with Gasteiger partial charge in [-0.05, 0) is 54.6 Å². The third-order valence-corrected chi connectivity index (χ3v) is 9.78. The highest BCUT2D eigenvalue weighted by Crippen LogP contribution is 2.33. The molecule has 0 unspecified atom stereocenters. The number of anilines is 2. The van der Waals surface area contributed by atoms with Gasteiger partial charge in [-0.15, -0.1) is 0 Å². The molecule has 3 aromatic rings. The van der Waals surface area contributed by atoms with E-state index < -0.39 is 32.5 Å². The van der Waals surface area contributed by atoms with Crippen molar-refractivity contribution >= 4 is 60.5 Å². The zero-order valence-electron chi connectivity index (χ0n) is 19.4. The van der Waals surface area contributed by atoms with Gasteiger partial charge < -0.3 is 10.1 Å². The molecule has 3 aromatic carbocycles. The van der Waals surface area contributed by atoms with Crippen LogP contribution in [-0.2, 0) is 29.6 Å². The highest BCUT2D eigenvalue weighted by Gasteiger charge is 2.29. The zero-order chi connectivity index (χ0) is 26.6. The summed E-state index contributed by atoms with van der Waals surface area (Å²) in [5.41, 5.74) is 0.334. The quantitative estimate of drug-likeness (QED) is 0.431. The van der Waals surface area contributed by atoms with Crippen molar-refractivity contribution in [2.45, 2.75) is 9.79 Å². The van der Waals surface area contributed by atoms with Gasteiger partial charge in [0.15, 0.2) is 0 Å². The van der Waals surface area contributed by atoms with Gasteiger partial charge in [0.25, 0.3) is 10.0 Å². The van der Waals surface area contributed by atoms with E-state index in [9.17, 15) is 21.6 Å². The number of nitrogens with zero attached hydrogens (tertiary/aromatic N) is 2. The molecule has 196 valence electrons. The molecule has 1 N–H and O–H groups in total. The molecule has 13 heteroatoms. The number of rotatable bonds is 8. The lowest BCUT2D eigenvalue weighted by Gasteiger charge is -2.26. The first-order chi connectivity index (χ1) is 17.6. The molecule has 37 heavy (non-hydrogen) atoms. The summed E-state index contributed by atoms with van der Waals surface area (Å²) in [6, 6.07) is 17.6. The number of nitrogens with one attached hydrogen (secondary N) is 1. The number of benzene rings is 3. The van der Waals surface area contributed by atoms with E-state index in [2.05, 4.69) is 5.32 Å². The van der Waals surface area contributed by atoms with E-state index in [1.165, 1.54) is 58.9 Å². The number of carbonyl (C=O) groups is 1. The average molecular weight is 585 g/mol. The van der Waals surface area contributed by atoms with Crippen LogP contribution in [-0.4, -0.2) is 59.9 Å². The lowest BCUT2D eigenvalue weighted by Crippen LogP contribution is -2.40. The smallest absolute Gasteiger partial charge is 0.264 e. The monoisotopic (exact) mass is 583 g/mol. The summed E-state index contributed by atoms with van der Waals surface area (Å²) in [5.74, 6) is -0.667. The van der Waals surface area contributed by atoms with Gasteiger partial charge in [-0.25, -0.2) is 16.8 Å². The van der Waals surface area contributed by atoms with Crippen LogP contribution < -0.4 is 9.62 Å². The van der Waals surface area contributed by atoms with E-state index in [-0.39, 0.29) is 38.6 Å². The van der Waals surface area contributed by atoms with Crippen molar-refractivity contribution in [2.75, 3.05) is 42.5 Å². The zero-order valence-corrected chi connectivity index (χ0v) is 22.5. The topological polar surface area (TPSA) is 113 Å². The molecule has 4 rings (SSSR count). The number of halogens is 2. The SMILES string of the molecule is O=C(CN(c1cc(Cl)ccc1Cl)S(=O)(=O)c1ccccc1)Nc1ccc(S(=O)(=O)N2CCOCC2)cc1. The highest BCUT2D eigenvalue weighted by atomic mass is 35.5. The molecular formula is C24H23Cl2N3O6S2. The van der Waals surface area contributed by atoms with E-state index in [0.29, 0.717) is 18.9 Å². The predicted molar refractivity (Wildman–Crippen MR) is 142 cm³/mol. The summed E-state index contributed by atoms with van der Waals surface area (Å²) in [6.07, 6.45) is 0. The largest absolute Gasteiger partial charge is 0.379 e. The molecule has 1 aliphatic heterocycles. The maximum atomic E-state index is 13.5. The fourth-order valence-corrected chi connectivity index (χ4v) is 6.97. The second-order valence-electron chi connectivity index (χ2n) is 8.01. The minimum Gasteiger partial charge on any atom is -0.379 e. The van der Waals surface area contributed by atoms with Crippen LogP contribution in [0.5, 0.6) is 0 Å². The molecule has 0 spiro atoms. The van der Waals surface area contributed by atoms with Crippen molar-refractivity contribution in [2.24, 2.45) is 0 Å². The van der Waals surface area contributed by atoms with Crippen LogP contribution in [0.25, 0.3) is 0 Å². The molecule has 1 saturated heterocycles. The third kappa shape index (κ3) is 6.25. The third-order valence-electron chi connectivity index (χ3n) is 5.54. The number of carbonyl (C=O) groups excluding carboxylic acids is 1.